The molecule has 2 aromatic heterocycles. The van der Waals surface area contributed by atoms with Gasteiger partial charge in [0.25, 0.3) is 0 Å². The fourth-order valence-electron chi connectivity index (χ4n) is 3.31. The first-order valence-electron chi connectivity index (χ1n) is 9.91. The van der Waals surface area contributed by atoms with Gasteiger partial charge in [0.15, 0.2) is 5.13 Å². The van der Waals surface area contributed by atoms with Crippen molar-refractivity contribution in [2.45, 2.75) is 0 Å². The van der Waals surface area contributed by atoms with E-state index in [1.54, 1.807) is 16.8 Å². The fraction of sp³-hybridized carbons (Fsp3) is 0. The predicted molar refractivity (Wildman–Crippen MR) is 126 cm³/mol. The van der Waals surface area contributed by atoms with Gasteiger partial charge in [0.2, 0.25) is 5.91 Å². The lowest BCUT2D eigenvalue weighted by Crippen LogP contribution is -2.07. The Balaban J connectivity index is 1.42. The Bertz CT molecular complexity index is 1420. The monoisotopic (exact) mass is 440 g/mol. The van der Waals surface area contributed by atoms with E-state index < -0.39 is 0 Å². The van der Waals surface area contributed by atoms with Gasteiger partial charge in [-0.05, 0) is 36.4 Å². The number of benzene rings is 3. The third-order valence-electron chi connectivity index (χ3n) is 4.81. The standard InChI is InChI=1S/C25H17FN4OS/c26-19-12-13-21-22(15-19)32-25(27-21)28-23(31)14-11-18-16-30(20-9-5-2-6-10-20)29-24(18)17-7-3-1-4-8-17/h1-16H,(H,27,28,31)/b14-11+. The summed E-state index contributed by atoms with van der Waals surface area (Å²) in [5.41, 5.74) is 4.10. The van der Waals surface area contributed by atoms with Crippen molar-refractivity contribution >= 4 is 38.7 Å². The number of aromatic nitrogens is 3. The third-order valence-corrected chi connectivity index (χ3v) is 5.74. The smallest absolute Gasteiger partial charge is 0.250 e. The molecule has 0 spiro atoms. The zero-order valence-corrected chi connectivity index (χ0v) is 17.6. The van der Waals surface area contributed by atoms with E-state index in [1.165, 1.54) is 29.5 Å². The summed E-state index contributed by atoms with van der Waals surface area (Å²) in [6, 6.07) is 24.0. The third kappa shape index (κ3) is 4.19. The van der Waals surface area contributed by atoms with E-state index in [0.717, 1.165) is 22.5 Å². The van der Waals surface area contributed by atoms with Crippen LogP contribution in [0.15, 0.2) is 91.1 Å². The molecule has 7 heteroatoms. The topological polar surface area (TPSA) is 59.8 Å². The van der Waals surface area contributed by atoms with Gasteiger partial charge in [0.1, 0.15) is 5.82 Å². The fourth-order valence-corrected chi connectivity index (χ4v) is 4.20. The van der Waals surface area contributed by atoms with Gasteiger partial charge in [-0.2, -0.15) is 5.10 Å². The highest BCUT2D eigenvalue weighted by atomic mass is 32.1. The molecule has 3 aromatic carbocycles. The normalized spacial score (nSPS) is 11.3. The van der Waals surface area contributed by atoms with Crippen molar-refractivity contribution in [1.82, 2.24) is 14.8 Å². The Morgan fingerprint density at radius 2 is 1.75 bits per heavy atom. The molecule has 2 heterocycles. The summed E-state index contributed by atoms with van der Waals surface area (Å²) in [5.74, 6) is -0.654. The van der Waals surface area contributed by atoms with Crippen molar-refractivity contribution in [3.63, 3.8) is 0 Å². The lowest BCUT2D eigenvalue weighted by atomic mass is 10.1. The SMILES string of the molecule is O=C(/C=C/c1cn(-c2ccccc2)nc1-c1ccccc1)Nc1nc2ccc(F)cc2s1. The Morgan fingerprint density at radius 1 is 1.00 bits per heavy atom. The number of para-hydroxylation sites is 1. The van der Waals surface area contributed by atoms with Crippen LogP contribution in [-0.4, -0.2) is 20.7 Å². The predicted octanol–water partition coefficient (Wildman–Crippen LogP) is 5.94. The molecule has 0 bridgehead atoms. The highest BCUT2D eigenvalue weighted by Crippen LogP contribution is 2.27. The van der Waals surface area contributed by atoms with Gasteiger partial charge >= 0.3 is 0 Å². The van der Waals surface area contributed by atoms with Crippen molar-refractivity contribution in [2.75, 3.05) is 5.32 Å². The Morgan fingerprint density at radius 3 is 2.53 bits per heavy atom. The number of anilines is 1. The highest BCUT2D eigenvalue weighted by molar-refractivity contribution is 7.22. The Labute approximate surface area is 187 Å². The Kier molecular flexibility index (Phi) is 5.31. The summed E-state index contributed by atoms with van der Waals surface area (Å²) in [7, 11) is 0. The molecule has 0 fully saturated rings. The Hall–Kier alpha value is -4.10. The van der Waals surface area contributed by atoms with E-state index in [1.807, 2.05) is 66.9 Å². The number of amides is 1. The van der Waals surface area contributed by atoms with E-state index in [2.05, 4.69) is 10.3 Å². The second kappa shape index (κ2) is 8.56. The molecule has 0 saturated carbocycles. The van der Waals surface area contributed by atoms with Gasteiger partial charge in [-0.25, -0.2) is 14.1 Å². The van der Waals surface area contributed by atoms with Crippen molar-refractivity contribution in [3.8, 4) is 16.9 Å². The molecule has 1 N–H and O–H groups in total. The molecule has 0 aliphatic carbocycles. The van der Waals surface area contributed by atoms with Crippen molar-refractivity contribution < 1.29 is 9.18 Å². The molecule has 1 amide bonds. The molecule has 5 rings (SSSR count). The van der Waals surface area contributed by atoms with Crippen LogP contribution in [0.4, 0.5) is 9.52 Å². The minimum absolute atomic E-state index is 0.323. The molecule has 5 aromatic rings. The summed E-state index contributed by atoms with van der Waals surface area (Å²) in [6.45, 7) is 0. The molecule has 0 saturated heterocycles. The number of hydrogen-bond donors (Lipinski definition) is 1. The second-order valence-corrected chi connectivity index (χ2v) is 8.06. The first-order chi connectivity index (χ1) is 15.7. The van der Waals surface area contributed by atoms with Crippen molar-refractivity contribution in [1.29, 1.82) is 0 Å². The van der Waals surface area contributed by atoms with E-state index in [0.29, 0.717) is 15.3 Å². The number of hydrogen-bond acceptors (Lipinski definition) is 4. The number of nitrogens with zero attached hydrogens (tertiary/aromatic N) is 3. The molecular weight excluding hydrogens is 423 g/mol. The van der Waals surface area contributed by atoms with Gasteiger partial charge in [0, 0.05) is 23.4 Å². The number of fused-ring (bicyclic) bond motifs is 1. The zero-order chi connectivity index (χ0) is 21.9. The lowest BCUT2D eigenvalue weighted by molar-refractivity contribution is -0.111. The van der Waals surface area contributed by atoms with Crippen LogP contribution in [-0.2, 0) is 4.79 Å². The van der Waals surface area contributed by atoms with E-state index in [-0.39, 0.29) is 11.7 Å². The number of carbonyl (C=O) groups excluding carboxylic acids is 1. The quantitative estimate of drug-likeness (QED) is 0.344. The minimum atomic E-state index is -0.331. The van der Waals surface area contributed by atoms with Crippen LogP contribution in [0.1, 0.15) is 5.56 Å². The average Bonchev–Trinajstić information content (AvgIpc) is 3.42. The molecule has 0 atom stereocenters. The first-order valence-corrected chi connectivity index (χ1v) is 10.7. The van der Waals surface area contributed by atoms with Gasteiger partial charge in [-0.15, -0.1) is 0 Å². The lowest BCUT2D eigenvalue weighted by Gasteiger charge is -2.00. The van der Waals surface area contributed by atoms with Crippen LogP contribution in [0.25, 0.3) is 33.2 Å². The van der Waals surface area contributed by atoms with Crippen LogP contribution in [0.5, 0.6) is 0 Å². The average molecular weight is 441 g/mol. The van der Waals surface area contributed by atoms with Gasteiger partial charge in [-0.3, -0.25) is 10.1 Å². The molecule has 0 unspecified atom stereocenters. The highest BCUT2D eigenvalue weighted by Gasteiger charge is 2.11. The van der Waals surface area contributed by atoms with Crippen LogP contribution in [0.3, 0.4) is 0 Å². The van der Waals surface area contributed by atoms with Crippen LogP contribution in [0, 0.1) is 5.82 Å². The van der Waals surface area contributed by atoms with Crippen molar-refractivity contribution in [2.24, 2.45) is 0 Å². The van der Waals surface area contributed by atoms with Gasteiger partial charge in [-0.1, -0.05) is 59.9 Å². The summed E-state index contributed by atoms with van der Waals surface area (Å²) in [5, 5.41) is 7.91. The number of carbonyl (C=O) groups is 1. The summed E-state index contributed by atoms with van der Waals surface area (Å²) >= 11 is 1.23. The summed E-state index contributed by atoms with van der Waals surface area (Å²) in [6.07, 6.45) is 5.07. The minimum Gasteiger partial charge on any atom is -0.298 e. The molecule has 156 valence electrons. The first kappa shape index (κ1) is 19.8. The molecule has 0 aliphatic rings. The second-order valence-electron chi connectivity index (χ2n) is 7.03. The van der Waals surface area contributed by atoms with Crippen LogP contribution >= 0.6 is 11.3 Å². The van der Waals surface area contributed by atoms with Crippen LogP contribution < -0.4 is 5.32 Å². The molecule has 32 heavy (non-hydrogen) atoms. The maximum absolute atomic E-state index is 13.4. The molecule has 5 nitrogen and oxygen atoms in total. The maximum Gasteiger partial charge on any atom is 0.250 e. The van der Waals surface area contributed by atoms with Crippen molar-refractivity contribution in [3.05, 3.63) is 103 Å². The summed E-state index contributed by atoms with van der Waals surface area (Å²) in [4.78, 5) is 16.8. The van der Waals surface area contributed by atoms with Crippen LogP contribution in [0.2, 0.25) is 0 Å². The molecule has 0 aliphatic heterocycles. The largest absolute Gasteiger partial charge is 0.298 e. The number of thiazole rings is 1. The van der Waals surface area contributed by atoms with Gasteiger partial charge < -0.3 is 0 Å². The molecular formula is C25H17FN4OS. The zero-order valence-electron chi connectivity index (χ0n) is 16.8. The van der Waals surface area contributed by atoms with Gasteiger partial charge in [0.05, 0.1) is 21.6 Å². The van der Waals surface area contributed by atoms with E-state index in [9.17, 15) is 9.18 Å². The summed E-state index contributed by atoms with van der Waals surface area (Å²) < 4.78 is 15.9. The van der Waals surface area contributed by atoms with E-state index in [4.69, 9.17) is 5.10 Å². The number of halogens is 1. The molecule has 0 radical (unpaired) electrons. The van der Waals surface area contributed by atoms with E-state index >= 15 is 0 Å². The number of nitrogens with one attached hydrogen (secondary N) is 1. The maximum atomic E-state index is 13.4. The number of rotatable bonds is 5.